The summed E-state index contributed by atoms with van der Waals surface area (Å²) in [5.74, 6) is -0.175. The Morgan fingerprint density at radius 1 is 1.24 bits per heavy atom. The van der Waals surface area contributed by atoms with Gasteiger partial charge in [-0.15, -0.1) is 0 Å². The number of hydrogen-bond donors (Lipinski definition) is 3. The third-order valence-corrected chi connectivity index (χ3v) is 2.35. The van der Waals surface area contributed by atoms with Gasteiger partial charge in [0, 0.05) is 5.39 Å². The number of benzene rings is 1. The molecule has 0 saturated carbocycles. The average molecular weight is 228 g/mol. The number of fused-ring (bicyclic) bond motifs is 1. The highest BCUT2D eigenvalue weighted by Crippen LogP contribution is 2.20. The fraction of sp³-hybridized carbons (Fsp3) is 0. The van der Waals surface area contributed by atoms with Crippen molar-refractivity contribution in [1.82, 2.24) is 25.4 Å². The maximum absolute atomic E-state index is 11.8. The molecule has 0 aliphatic rings. The van der Waals surface area contributed by atoms with Crippen LogP contribution >= 0.6 is 0 Å². The number of carbonyl (C=O) groups excluding carboxylic acids is 1. The molecule has 1 aromatic carbocycles. The molecule has 0 radical (unpaired) electrons. The molecule has 7 heteroatoms. The van der Waals surface area contributed by atoms with Crippen LogP contribution in [-0.2, 0) is 0 Å². The molecule has 0 bridgehead atoms. The molecule has 0 aliphatic heterocycles. The van der Waals surface area contributed by atoms with Gasteiger partial charge in [-0.05, 0) is 6.07 Å². The van der Waals surface area contributed by atoms with Gasteiger partial charge in [-0.3, -0.25) is 15.0 Å². The van der Waals surface area contributed by atoms with Crippen LogP contribution in [-0.4, -0.2) is 31.3 Å². The highest BCUT2D eigenvalue weighted by atomic mass is 16.2. The molecule has 0 aliphatic carbocycles. The average Bonchev–Trinajstić information content (AvgIpc) is 3.00. The van der Waals surface area contributed by atoms with Crippen LogP contribution in [0.25, 0.3) is 10.9 Å². The zero-order valence-corrected chi connectivity index (χ0v) is 8.64. The van der Waals surface area contributed by atoms with Gasteiger partial charge in [0.25, 0.3) is 5.91 Å². The van der Waals surface area contributed by atoms with Gasteiger partial charge in [-0.2, -0.15) is 10.2 Å². The van der Waals surface area contributed by atoms with Crippen LogP contribution in [0, 0.1) is 0 Å². The lowest BCUT2D eigenvalue weighted by molar-refractivity contribution is 0.101. The summed E-state index contributed by atoms with van der Waals surface area (Å²) in [6, 6.07) is 5.53. The van der Waals surface area contributed by atoms with Crippen molar-refractivity contribution in [2.45, 2.75) is 0 Å². The van der Waals surface area contributed by atoms with Crippen LogP contribution in [0.3, 0.4) is 0 Å². The molecular weight excluding hydrogens is 220 g/mol. The number of anilines is 1. The van der Waals surface area contributed by atoms with Gasteiger partial charge in [0.1, 0.15) is 6.33 Å². The first-order chi connectivity index (χ1) is 8.34. The number of carbonyl (C=O) groups is 1. The molecule has 1 amide bonds. The van der Waals surface area contributed by atoms with E-state index in [9.17, 15) is 4.79 Å². The molecule has 0 unspecified atom stereocenters. The van der Waals surface area contributed by atoms with Crippen LogP contribution in [0.15, 0.2) is 30.7 Å². The van der Waals surface area contributed by atoms with E-state index in [1.165, 1.54) is 6.33 Å². The number of rotatable bonds is 2. The zero-order valence-electron chi connectivity index (χ0n) is 8.64. The first-order valence-electron chi connectivity index (χ1n) is 4.93. The highest BCUT2D eigenvalue weighted by molar-refractivity contribution is 6.06. The van der Waals surface area contributed by atoms with E-state index >= 15 is 0 Å². The van der Waals surface area contributed by atoms with Crippen molar-refractivity contribution in [3.05, 3.63) is 36.5 Å². The number of aromatic nitrogens is 5. The molecule has 0 fully saturated rings. The summed E-state index contributed by atoms with van der Waals surface area (Å²) in [4.78, 5) is 15.5. The molecule has 3 N–H and O–H groups in total. The maximum Gasteiger partial charge on any atom is 0.293 e. The first kappa shape index (κ1) is 9.52. The normalized spacial score (nSPS) is 10.6. The largest absolute Gasteiger partial charge is 0.317 e. The van der Waals surface area contributed by atoms with E-state index in [-0.39, 0.29) is 11.7 Å². The predicted octanol–water partition coefficient (Wildman–Crippen LogP) is 0.933. The van der Waals surface area contributed by atoms with Crippen LogP contribution in [0.5, 0.6) is 0 Å². The number of hydrogen-bond acceptors (Lipinski definition) is 4. The number of nitrogens with zero attached hydrogens (tertiary/aromatic N) is 3. The van der Waals surface area contributed by atoms with E-state index in [0.29, 0.717) is 5.69 Å². The van der Waals surface area contributed by atoms with E-state index in [4.69, 9.17) is 0 Å². The second kappa shape index (κ2) is 3.71. The van der Waals surface area contributed by atoms with Crippen LogP contribution in [0.2, 0.25) is 0 Å². The van der Waals surface area contributed by atoms with E-state index in [1.807, 2.05) is 12.1 Å². The molecular formula is C10H8N6O. The number of amides is 1. The Balaban J connectivity index is 1.95. The lowest BCUT2D eigenvalue weighted by Crippen LogP contribution is -2.13. The first-order valence-corrected chi connectivity index (χ1v) is 4.93. The van der Waals surface area contributed by atoms with Gasteiger partial charge in [-0.25, -0.2) is 4.98 Å². The molecule has 2 aromatic heterocycles. The fourth-order valence-electron chi connectivity index (χ4n) is 1.57. The number of H-pyrrole nitrogens is 2. The van der Waals surface area contributed by atoms with Crippen LogP contribution in [0.1, 0.15) is 10.6 Å². The van der Waals surface area contributed by atoms with Gasteiger partial charge in [0.05, 0.1) is 17.4 Å². The van der Waals surface area contributed by atoms with Gasteiger partial charge in [0.2, 0.25) is 5.82 Å². The lowest BCUT2D eigenvalue weighted by atomic mass is 10.2. The second-order valence-corrected chi connectivity index (χ2v) is 3.43. The fourth-order valence-corrected chi connectivity index (χ4v) is 1.57. The third kappa shape index (κ3) is 1.63. The second-order valence-electron chi connectivity index (χ2n) is 3.43. The van der Waals surface area contributed by atoms with Crippen molar-refractivity contribution in [2.24, 2.45) is 0 Å². The van der Waals surface area contributed by atoms with Gasteiger partial charge < -0.3 is 5.32 Å². The highest BCUT2D eigenvalue weighted by Gasteiger charge is 2.11. The van der Waals surface area contributed by atoms with Gasteiger partial charge >= 0.3 is 0 Å². The summed E-state index contributed by atoms with van der Waals surface area (Å²) >= 11 is 0. The Morgan fingerprint density at radius 3 is 3.00 bits per heavy atom. The summed E-state index contributed by atoms with van der Waals surface area (Å²) < 4.78 is 0. The molecule has 2 heterocycles. The maximum atomic E-state index is 11.8. The molecule has 7 nitrogen and oxygen atoms in total. The predicted molar refractivity (Wildman–Crippen MR) is 60.4 cm³/mol. The van der Waals surface area contributed by atoms with Crippen molar-refractivity contribution in [3.63, 3.8) is 0 Å². The minimum absolute atomic E-state index is 0.168. The standard InChI is InChI=1S/C10H8N6O/c17-10(9-11-5-13-16-9)14-7-3-1-2-6-4-12-15-8(6)7/h1-5H,(H,12,15)(H,14,17)(H,11,13,16). The van der Waals surface area contributed by atoms with Crippen molar-refractivity contribution < 1.29 is 4.79 Å². The van der Waals surface area contributed by atoms with Crippen LogP contribution < -0.4 is 5.32 Å². The molecule has 3 aromatic rings. The molecule has 0 spiro atoms. The summed E-state index contributed by atoms with van der Waals surface area (Å²) in [6.07, 6.45) is 2.98. The van der Waals surface area contributed by atoms with Gasteiger partial charge in [-0.1, -0.05) is 12.1 Å². The van der Waals surface area contributed by atoms with E-state index in [1.54, 1.807) is 12.3 Å². The SMILES string of the molecule is O=C(Nc1cccc2cn[nH]c12)c1ncn[nH]1. The van der Waals surface area contributed by atoms with Crippen molar-refractivity contribution in [1.29, 1.82) is 0 Å². The monoisotopic (exact) mass is 228 g/mol. The minimum atomic E-state index is -0.343. The molecule has 0 saturated heterocycles. The Morgan fingerprint density at radius 2 is 2.18 bits per heavy atom. The molecule has 3 rings (SSSR count). The molecule has 84 valence electrons. The number of nitrogens with one attached hydrogen (secondary N) is 3. The number of para-hydroxylation sites is 1. The number of aromatic amines is 2. The van der Waals surface area contributed by atoms with Gasteiger partial charge in [0.15, 0.2) is 0 Å². The van der Waals surface area contributed by atoms with Crippen molar-refractivity contribution in [2.75, 3.05) is 5.32 Å². The Labute approximate surface area is 95.3 Å². The molecule has 17 heavy (non-hydrogen) atoms. The van der Waals surface area contributed by atoms with E-state index in [2.05, 4.69) is 30.7 Å². The van der Waals surface area contributed by atoms with Crippen molar-refractivity contribution >= 4 is 22.5 Å². The lowest BCUT2D eigenvalue weighted by Gasteiger charge is -2.03. The summed E-state index contributed by atoms with van der Waals surface area (Å²) in [6.45, 7) is 0. The summed E-state index contributed by atoms with van der Waals surface area (Å²) in [5.41, 5.74) is 1.43. The van der Waals surface area contributed by atoms with E-state index < -0.39 is 0 Å². The Hall–Kier alpha value is -2.70. The zero-order chi connectivity index (χ0) is 11.7. The summed E-state index contributed by atoms with van der Waals surface area (Å²) in [5, 5.41) is 16.5. The Bertz CT molecular complexity index is 656. The third-order valence-electron chi connectivity index (χ3n) is 2.35. The topological polar surface area (TPSA) is 99.3 Å². The molecule has 0 atom stereocenters. The Kier molecular flexibility index (Phi) is 2.08. The minimum Gasteiger partial charge on any atom is -0.317 e. The smallest absolute Gasteiger partial charge is 0.293 e. The quantitative estimate of drug-likeness (QED) is 0.607. The summed E-state index contributed by atoms with van der Waals surface area (Å²) in [7, 11) is 0. The van der Waals surface area contributed by atoms with Crippen molar-refractivity contribution in [3.8, 4) is 0 Å². The van der Waals surface area contributed by atoms with E-state index in [0.717, 1.165) is 10.9 Å². The van der Waals surface area contributed by atoms with Crippen LogP contribution in [0.4, 0.5) is 5.69 Å².